The van der Waals surface area contributed by atoms with Crippen molar-refractivity contribution in [2.75, 3.05) is 7.05 Å². The van der Waals surface area contributed by atoms with E-state index in [0.717, 1.165) is 11.1 Å². The van der Waals surface area contributed by atoms with Crippen LogP contribution in [0.25, 0.3) is 0 Å². The molecule has 2 rings (SSSR count). The lowest BCUT2D eigenvalue weighted by Crippen LogP contribution is -2.37. The Balaban J connectivity index is 2.02. The lowest BCUT2D eigenvalue weighted by Gasteiger charge is -2.19. The van der Waals surface area contributed by atoms with Crippen LogP contribution in [0.5, 0.6) is 0 Å². The molecule has 2 aromatic rings. The van der Waals surface area contributed by atoms with Gasteiger partial charge in [0, 0.05) is 29.0 Å². The smallest absolute Gasteiger partial charge is 0.242 e. The van der Waals surface area contributed by atoms with Gasteiger partial charge in [-0.1, -0.05) is 26.0 Å². The average Bonchev–Trinajstić information content (AvgIpc) is 2.94. The highest BCUT2D eigenvalue weighted by molar-refractivity contribution is 7.99. The van der Waals surface area contributed by atoms with E-state index in [2.05, 4.69) is 53.8 Å². The summed E-state index contributed by atoms with van der Waals surface area (Å²) >= 11 is 1.83. The molecule has 6 heteroatoms. The van der Waals surface area contributed by atoms with Crippen molar-refractivity contribution < 1.29 is 4.79 Å². The highest BCUT2D eigenvalue weighted by atomic mass is 32.2. The van der Waals surface area contributed by atoms with E-state index in [9.17, 15) is 4.79 Å². The molecule has 1 amide bonds. The molecule has 0 saturated heterocycles. The number of thioether (sulfide) groups is 1. The first-order chi connectivity index (χ1) is 11.4. The number of rotatable bonds is 7. The summed E-state index contributed by atoms with van der Waals surface area (Å²) in [4.78, 5) is 13.8. The minimum absolute atomic E-state index is 0.0527. The van der Waals surface area contributed by atoms with Gasteiger partial charge >= 0.3 is 0 Å². The number of likely N-dealkylation sites (N-methyl/N-ethyl adjacent to an activating group) is 1. The van der Waals surface area contributed by atoms with Gasteiger partial charge in [0.2, 0.25) is 5.91 Å². The molecule has 1 aromatic heterocycles. The minimum Gasteiger partial charge on any atom is -0.348 e. The first kappa shape index (κ1) is 18.5. The Bertz CT molecular complexity index is 666. The predicted octanol–water partition coefficient (Wildman–Crippen LogP) is 3.06. The fourth-order valence-corrected chi connectivity index (χ4v) is 3.36. The molecule has 0 spiro atoms. The zero-order valence-corrected chi connectivity index (χ0v) is 15.7. The van der Waals surface area contributed by atoms with E-state index in [1.54, 1.807) is 17.9 Å². The summed E-state index contributed by atoms with van der Waals surface area (Å²) in [5.74, 6) is -0.0568. The minimum atomic E-state index is -0.406. The second-order valence-corrected chi connectivity index (χ2v) is 7.78. The van der Waals surface area contributed by atoms with Gasteiger partial charge in [-0.2, -0.15) is 5.10 Å². The fourth-order valence-electron chi connectivity index (χ4n) is 2.53. The van der Waals surface area contributed by atoms with Gasteiger partial charge in [-0.3, -0.25) is 9.48 Å². The number of carbonyl (C=O) groups excluding carboxylic acids is 1. The maximum absolute atomic E-state index is 12.6. The van der Waals surface area contributed by atoms with Crippen LogP contribution in [0, 0.1) is 0 Å². The van der Waals surface area contributed by atoms with Crippen molar-refractivity contribution in [2.45, 2.75) is 43.0 Å². The Hall–Kier alpha value is -1.79. The van der Waals surface area contributed by atoms with Crippen LogP contribution in [0.3, 0.4) is 0 Å². The van der Waals surface area contributed by atoms with E-state index >= 15 is 0 Å². The van der Waals surface area contributed by atoms with Crippen LogP contribution in [0.1, 0.15) is 44.0 Å². The number of aryl methyl sites for hydroxylation is 1. The number of benzene rings is 1. The topological polar surface area (TPSA) is 59.0 Å². The largest absolute Gasteiger partial charge is 0.348 e. The summed E-state index contributed by atoms with van der Waals surface area (Å²) in [5, 5.41) is 10.8. The van der Waals surface area contributed by atoms with Crippen molar-refractivity contribution >= 4 is 17.7 Å². The highest BCUT2D eigenvalue weighted by Gasteiger charge is 2.21. The molecular weight excluding hydrogens is 320 g/mol. The van der Waals surface area contributed by atoms with Crippen molar-refractivity contribution in [2.24, 2.45) is 7.05 Å². The molecule has 0 fully saturated rings. The van der Waals surface area contributed by atoms with E-state index in [0.29, 0.717) is 5.25 Å². The van der Waals surface area contributed by atoms with E-state index in [-0.39, 0.29) is 11.9 Å². The Morgan fingerprint density at radius 2 is 1.83 bits per heavy atom. The number of amides is 1. The molecule has 1 heterocycles. The zero-order valence-electron chi connectivity index (χ0n) is 14.9. The van der Waals surface area contributed by atoms with Crippen molar-refractivity contribution in [1.29, 1.82) is 0 Å². The summed E-state index contributed by atoms with van der Waals surface area (Å²) in [6, 6.07) is 7.92. The zero-order chi connectivity index (χ0) is 17.7. The molecule has 0 aliphatic carbocycles. The van der Waals surface area contributed by atoms with Crippen LogP contribution in [0.2, 0.25) is 0 Å². The molecule has 130 valence electrons. The summed E-state index contributed by atoms with van der Waals surface area (Å²) < 4.78 is 1.70. The molecule has 0 aliphatic rings. The van der Waals surface area contributed by atoms with Gasteiger partial charge in [0.1, 0.15) is 6.04 Å². The molecule has 1 aromatic carbocycles. The molecular formula is C18H26N4OS. The number of aromatic nitrogens is 2. The molecule has 0 saturated carbocycles. The Morgan fingerprint density at radius 1 is 1.17 bits per heavy atom. The highest BCUT2D eigenvalue weighted by Crippen LogP contribution is 2.24. The van der Waals surface area contributed by atoms with Crippen molar-refractivity contribution in [3.8, 4) is 0 Å². The lowest BCUT2D eigenvalue weighted by molar-refractivity contribution is -0.123. The quantitative estimate of drug-likeness (QED) is 0.757. The van der Waals surface area contributed by atoms with Crippen LogP contribution in [0.15, 0.2) is 41.6 Å². The molecule has 2 unspecified atom stereocenters. The van der Waals surface area contributed by atoms with E-state index in [1.807, 2.05) is 31.9 Å². The van der Waals surface area contributed by atoms with E-state index in [4.69, 9.17) is 0 Å². The lowest BCUT2D eigenvalue weighted by atomic mass is 10.1. The Labute approximate surface area is 148 Å². The summed E-state index contributed by atoms with van der Waals surface area (Å²) in [6.07, 6.45) is 3.56. The standard InChI is InChI=1S/C18H26N4OS/c1-12(2)24-16-8-6-14(7-9-16)13(3)21-18(23)17(19-4)15-10-20-22(5)11-15/h6-13,17,19H,1-5H3,(H,21,23). The number of hydrogen-bond donors (Lipinski definition) is 2. The van der Waals surface area contributed by atoms with Crippen LogP contribution < -0.4 is 10.6 Å². The maximum atomic E-state index is 12.6. The van der Waals surface area contributed by atoms with Gasteiger partial charge in [0.05, 0.1) is 12.2 Å². The molecule has 24 heavy (non-hydrogen) atoms. The van der Waals surface area contributed by atoms with Gasteiger partial charge in [-0.05, 0) is 31.7 Å². The molecule has 2 atom stereocenters. The van der Waals surface area contributed by atoms with E-state index in [1.165, 1.54) is 4.90 Å². The first-order valence-electron chi connectivity index (χ1n) is 8.13. The Kier molecular flexibility index (Phi) is 6.45. The van der Waals surface area contributed by atoms with Gasteiger partial charge in [0.25, 0.3) is 0 Å². The number of nitrogens with one attached hydrogen (secondary N) is 2. The van der Waals surface area contributed by atoms with Crippen LogP contribution in [-0.2, 0) is 11.8 Å². The second kappa shape index (κ2) is 8.35. The third-order valence-electron chi connectivity index (χ3n) is 3.72. The van der Waals surface area contributed by atoms with Crippen molar-refractivity contribution in [1.82, 2.24) is 20.4 Å². The van der Waals surface area contributed by atoms with Gasteiger partial charge in [-0.25, -0.2) is 0 Å². The third kappa shape index (κ3) is 4.85. The number of nitrogens with zero attached hydrogens (tertiary/aromatic N) is 2. The number of carbonyl (C=O) groups is 1. The summed E-state index contributed by atoms with van der Waals surface area (Å²) in [7, 11) is 3.62. The van der Waals surface area contributed by atoms with Gasteiger partial charge in [0.15, 0.2) is 0 Å². The van der Waals surface area contributed by atoms with E-state index < -0.39 is 6.04 Å². The van der Waals surface area contributed by atoms with Crippen molar-refractivity contribution in [3.63, 3.8) is 0 Å². The van der Waals surface area contributed by atoms with Crippen LogP contribution >= 0.6 is 11.8 Å². The van der Waals surface area contributed by atoms with Gasteiger partial charge < -0.3 is 10.6 Å². The molecule has 2 N–H and O–H groups in total. The normalized spacial score (nSPS) is 13.8. The summed E-state index contributed by atoms with van der Waals surface area (Å²) in [6.45, 7) is 6.36. The average molecular weight is 347 g/mol. The van der Waals surface area contributed by atoms with Gasteiger partial charge in [-0.15, -0.1) is 11.8 Å². The summed E-state index contributed by atoms with van der Waals surface area (Å²) in [5.41, 5.74) is 1.95. The first-order valence-corrected chi connectivity index (χ1v) is 9.01. The maximum Gasteiger partial charge on any atom is 0.242 e. The Morgan fingerprint density at radius 3 is 2.33 bits per heavy atom. The predicted molar refractivity (Wildman–Crippen MR) is 99.0 cm³/mol. The molecule has 0 bridgehead atoms. The fraction of sp³-hybridized carbons (Fsp3) is 0.444. The van der Waals surface area contributed by atoms with Crippen molar-refractivity contribution in [3.05, 3.63) is 47.8 Å². The molecule has 5 nitrogen and oxygen atoms in total. The third-order valence-corrected chi connectivity index (χ3v) is 4.74. The monoisotopic (exact) mass is 346 g/mol. The van der Waals surface area contributed by atoms with Crippen LogP contribution in [-0.4, -0.2) is 28.0 Å². The molecule has 0 radical (unpaired) electrons. The SMILES string of the molecule is CNC(C(=O)NC(C)c1ccc(SC(C)C)cc1)c1cnn(C)c1. The van der Waals surface area contributed by atoms with Crippen LogP contribution in [0.4, 0.5) is 0 Å². The second-order valence-electron chi connectivity index (χ2n) is 6.13. The number of hydrogen-bond acceptors (Lipinski definition) is 4. The molecule has 0 aliphatic heterocycles.